The van der Waals surface area contributed by atoms with E-state index in [-0.39, 0.29) is 17.9 Å². The van der Waals surface area contributed by atoms with Crippen molar-refractivity contribution in [3.05, 3.63) is 64.2 Å². The van der Waals surface area contributed by atoms with Crippen LogP contribution in [-0.4, -0.2) is 56.0 Å². The van der Waals surface area contributed by atoms with Gasteiger partial charge in [-0.2, -0.15) is 10.2 Å². The molecule has 1 aromatic carbocycles. The summed E-state index contributed by atoms with van der Waals surface area (Å²) in [6.07, 6.45) is 3.47. The Morgan fingerprint density at radius 3 is 2.59 bits per heavy atom. The van der Waals surface area contributed by atoms with Crippen LogP contribution in [-0.2, 0) is 33.0 Å². The maximum atomic E-state index is 13.2. The zero-order valence-corrected chi connectivity index (χ0v) is 19.9. The number of methoxy groups -OCH3 is 1. The van der Waals surface area contributed by atoms with Crippen molar-refractivity contribution in [2.24, 2.45) is 7.05 Å². The minimum absolute atomic E-state index is 0.0757. The second kappa shape index (κ2) is 8.96. The van der Waals surface area contributed by atoms with Gasteiger partial charge in [-0.1, -0.05) is 12.1 Å². The molecular weight excluding hydrogens is 432 g/mol. The number of carbonyl (C=O) groups excluding carboxylic acids is 2. The maximum Gasteiger partial charge on any atom is 0.272 e. The normalized spacial score (nSPS) is 15.2. The van der Waals surface area contributed by atoms with E-state index in [9.17, 15) is 9.59 Å². The average Bonchev–Trinajstić information content (AvgIpc) is 3.48. The average molecular weight is 463 g/mol. The molecule has 0 saturated heterocycles. The van der Waals surface area contributed by atoms with Crippen LogP contribution >= 0.6 is 0 Å². The van der Waals surface area contributed by atoms with Crippen LogP contribution in [0, 0.1) is 6.92 Å². The highest BCUT2D eigenvalue weighted by Crippen LogP contribution is 2.26. The van der Waals surface area contributed by atoms with Crippen molar-refractivity contribution >= 4 is 11.8 Å². The van der Waals surface area contributed by atoms with E-state index in [0.29, 0.717) is 37.4 Å². The minimum Gasteiger partial charge on any atom is -0.497 e. The highest BCUT2D eigenvalue weighted by molar-refractivity contribution is 5.96. The SMILES string of the molecule is COc1ccc(CCn2nc(C(=O)NC3CC3)c3c2CCN(C(=O)c2cc(C)nn2C)C3)cc1. The molecule has 9 heteroatoms. The Labute approximate surface area is 198 Å². The number of fused-ring (bicyclic) bond motifs is 1. The molecule has 5 rings (SSSR count). The van der Waals surface area contributed by atoms with Crippen LogP contribution < -0.4 is 10.1 Å². The van der Waals surface area contributed by atoms with Crippen molar-refractivity contribution in [2.75, 3.05) is 13.7 Å². The van der Waals surface area contributed by atoms with Gasteiger partial charge in [0.15, 0.2) is 5.69 Å². The van der Waals surface area contributed by atoms with Crippen molar-refractivity contribution < 1.29 is 14.3 Å². The number of aryl methyl sites for hydroxylation is 4. The molecule has 2 amide bonds. The number of nitrogens with one attached hydrogen (secondary N) is 1. The van der Waals surface area contributed by atoms with E-state index >= 15 is 0 Å². The molecule has 0 unspecified atom stereocenters. The van der Waals surface area contributed by atoms with Gasteiger partial charge in [0.1, 0.15) is 11.4 Å². The van der Waals surface area contributed by atoms with Crippen LogP contribution in [0.4, 0.5) is 0 Å². The lowest BCUT2D eigenvalue weighted by atomic mass is 10.0. The fraction of sp³-hybridized carbons (Fsp3) is 0.440. The smallest absolute Gasteiger partial charge is 0.272 e. The number of aromatic nitrogens is 4. The number of hydrogen-bond acceptors (Lipinski definition) is 5. The first-order chi connectivity index (χ1) is 16.4. The third-order valence-corrected chi connectivity index (χ3v) is 6.54. The fourth-order valence-electron chi connectivity index (χ4n) is 4.51. The molecule has 0 spiro atoms. The monoisotopic (exact) mass is 462 g/mol. The standard InChI is InChI=1S/C25H30N6O3/c1-16-14-22(29(2)27-16)25(33)30-12-11-21-20(15-30)23(24(32)26-18-6-7-18)28-31(21)13-10-17-4-8-19(34-3)9-5-17/h4-5,8-9,14,18H,6-7,10-13,15H2,1-3H3,(H,26,32). The first kappa shape index (κ1) is 22.2. The second-order valence-electron chi connectivity index (χ2n) is 9.11. The lowest BCUT2D eigenvalue weighted by Gasteiger charge is -2.28. The Morgan fingerprint density at radius 2 is 1.94 bits per heavy atom. The van der Waals surface area contributed by atoms with Crippen LogP contribution in [0.5, 0.6) is 5.75 Å². The van der Waals surface area contributed by atoms with E-state index in [2.05, 4.69) is 10.4 Å². The highest BCUT2D eigenvalue weighted by Gasteiger charge is 2.33. The summed E-state index contributed by atoms with van der Waals surface area (Å²) >= 11 is 0. The van der Waals surface area contributed by atoms with Crippen LogP contribution in [0.1, 0.15) is 56.3 Å². The topological polar surface area (TPSA) is 94.3 Å². The van der Waals surface area contributed by atoms with E-state index in [0.717, 1.165) is 42.0 Å². The predicted molar refractivity (Wildman–Crippen MR) is 126 cm³/mol. The Kier molecular flexibility index (Phi) is 5.85. The summed E-state index contributed by atoms with van der Waals surface area (Å²) in [5, 5.41) is 12.1. The number of nitrogens with zero attached hydrogens (tertiary/aromatic N) is 5. The molecule has 0 bridgehead atoms. The summed E-state index contributed by atoms with van der Waals surface area (Å²) in [5.41, 5.74) is 4.87. The molecule has 1 aliphatic heterocycles. The van der Waals surface area contributed by atoms with E-state index in [1.807, 2.05) is 35.9 Å². The zero-order chi connectivity index (χ0) is 23.8. The predicted octanol–water partition coefficient (Wildman–Crippen LogP) is 2.27. The van der Waals surface area contributed by atoms with E-state index in [1.54, 1.807) is 29.8 Å². The quantitative estimate of drug-likeness (QED) is 0.581. The number of hydrogen-bond donors (Lipinski definition) is 1. The van der Waals surface area contributed by atoms with Crippen molar-refractivity contribution in [1.82, 2.24) is 29.8 Å². The molecule has 1 aliphatic carbocycles. The van der Waals surface area contributed by atoms with Gasteiger partial charge < -0.3 is 15.0 Å². The first-order valence-electron chi connectivity index (χ1n) is 11.7. The lowest BCUT2D eigenvalue weighted by Crippen LogP contribution is -2.38. The minimum atomic E-state index is -0.146. The van der Waals surface area contributed by atoms with Crippen molar-refractivity contribution in [2.45, 2.75) is 51.7 Å². The molecule has 2 aromatic heterocycles. The molecule has 0 radical (unpaired) electrons. The molecule has 34 heavy (non-hydrogen) atoms. The van der Waals surface area contributed by atoms with Gasteiger partial charge in [-0.05, 0) is 49.9 Å². The molecule has 3 aromatic rings. The molecule has 178 valence electrons. The van der Waals surface area contributed by atoms with Crippen molar-refractivity contribution in [3.63, 3.8) is 0 Å². The van der Waals surface area contributed by atoms with Crippen LogP contribution in [0.2, 0.25) is 0 Å². The molecule has 1 fully saturated rings. The summed E-state index contributed by atoms with van der Waals surface area (Å²) in [7, 11) is 3.43. The van der Waals surface area contributed by atoms with Gasteiger partial charge in [0.25, 0.3) is 11.8 Å². The summed E-state index contributed by atoms with van der Waals surface area (Å²) in [4.78, 5) is 28.0. The molecular formula is C25H30N6O3. The molecule has 3 heterocycles. The van der Waals surface area contributed by atoms with Crippen LogP contribution in [0.15, 0.2) is 30.3 Å². The fourth-order valence-corrected chi connectivity index (χ4v) is 4.51. The summed E-state index contributed by atoms with van der Waals surface area (Å²) < 4.78 is 8.82. The number of rotatable bonds is 7. The third kappa shape index (κ3) is 4.42. The largest absolute Gasteiger partial charge is 0.497 e. The molecule has 2 aliphatic rings. The lowest BCUT2D eigenvalue weighted by molar-refractivity contribution is 0.0719. The molecule has 0 atom stereocenters. The third-order valence-electron chi connectivity index (χ3n) is 6.54. The van der Waals surface area contributed by atoms with Crippen molar-refractivity contribution in [3.8, 4) is 5.75 Å². The first-order valence-corrected chi connectivity index (χ1v) is 11.7. The van der Waals surface area contributed by atoms with Crippen LogP contribution in [0.3, 0.4) is 0 Å². The van der Waals surface area contributed by atoms with Gasteiger partial charge in [0.2, 0.25) is 0 Å². The number of benzene rings is 1. The summed E-state index contributed by atoms with van der Waals surface area (Å²) in [5.74, 6) is 0.605. The highest BCUT2D eigenvalue weighted by atomic mass is 16.5. The van der Waals surface area contributed by atoms with Gasteiger partial charge >= 0.3 is 0 Å². The summed E-state index contributed by atoms with van der Waals surface area (Å²) in [6, 6.07) is 10.0. The van der Waals surface area contributed by atoms with Gasteiger partial charge in [-0.15, -0.1) is 0 Å². The Balaban J connectivity index is 1.39. The Hall–Kier alpha value is -3.62. The van der Waals surface area contributed by atoms with Gasteiger partial charge in [0.05, 0.1) is 19.3 Å². The van der Waals surface area contributed by atoms with Crippen LogP contribution in [0.25, 0.3) is 0 Å². The molecule has 1 N–H and O–H groups in total. The number of amides is 2. The van der Waals surface area contributed by atoms with E-state index in [4.69, 9.17) is 9.84 Å². The second-order valence-corrected chi connectivity index (χ2v) is 9.11. The van der Waals surface area contributed by atoms with Gasteiger partial charge in [-0.3, -0.25) is 19.0 Å². The maximum absolute atomic E-state index is 13.2. The Bertz CT molecular complexity index is 1220. The number of ether oxygens (including phenoxy) is 1. The summed E-state index contributed by atoms with van der Waals surface area (Å²) in [6.45, 7) is 3.49. The molecule has 1 saturated carbocycles. The van der Waals surface area contributed by atoms with E-state index < -0.39 is 0 Å². The Morgan fingerprint density at radius 1 is 1.18 bits per heavy atom. The van der Waals surface area contributed by atoms with Gasteiger partial charge in [0, 0.05) is 43.9 Å². The van der Waals surface area contributed by atoms with Crippen molar-refractivity contribution in [1.29, 1.82) is 0 Å². The zero-order valence-electron chi connectivity index (χ0n) is 19.9. The van der Waals surface area contributed by atoms with E-state index in [1.165, 1.54) is 5.56 Å². The molecule has 9 nitrogen and oxygen atoms in total. The number of carbonyl (C=O) groups is 2. The van der Waals surface area contributed by atoms with Gasteiger partial charge in [-0.25, -0.2) is 0 Å².